The molecule has 1 aromatic carbocycles. The van der Waals surface area contributed by atoms with Gasteiger partial charge < -0.3 is 15.0 Å². The normalized spacial score (nSPS) is 10.9. The molecule has 0 aliphatic carbocycles. The summed E-state index contributed by atoms with van der Waals surface area (Å²) in [6, 6.07) is 6.10. The highest BCUT2D eigenvalue weighted by molar-refractivity contribution is 9.10. The summed E-state index contributed by atoms with van der Waals surface area (Å²) >= 11 is 3.45. The van der Waals surface area contributed by atoms with Crippen LogP contribution in [0.1, 0.15) is 12.0 Å². The first kappa shape index (κ1) is 15.5. The monoisotopic (exact) mass is 314 g/mol. The summed E-state index contributed by atoms with van der Waals surface area (Å²) in [6.07, 6.45) is 1.17. The van der Waals surface area contributed by atoms with Crippen LogP contribution in [0.2, 0.25) is 0 Å². The van der Waals surface area contributed by atoms with E-state index in [1.807, 2.05) is 12.1 Å². The molecule has 1 aromatic rings. The van der Waals surface area contributed by atoms with Crippen molar-refractivity contribution in [2.45, 2.75) is 13.3 Å². The quantitative estimate of drug-likeness (QED) is 0.747. The highest BCUT2D eigenvalue weighted by Gasteiger charge is 1.99. The van der Waals surface area contributed by atoms with Gasteiger partial charge in [-0.3, -0.25) is 0 Å². The lowest BCUT2D eigenvalue weighted by Crippen LogP contribution is -2.25. The largest absolute Gasteiger partial charge is 0.492 e. The molecule has 1 rings (SSSR count). The smallest absolute Gasteiger partial charge is 0.123 e. The summed E-state index contributed by atoms with van der Waals surface area (Å²) in [6.45, 7) is 5.82. The van der Waals surface area contributed by atoms with Crippen LogP contribution in [-0.2, 0) is 0 Å². The van der Waals surface area contributed by atoms with Gasteiger partial charge in [-0.2, -0.15) is 0 Å². The topological polar surface area (TPSA) is 24.5 Å². The molecule has 0 atom stereocenters. The molecule has 0 amide bonds. The van der Waals surface area contributed by atoms with Crippen molar-refractivity contribution in [2.24, 2.45) is 0 Å². The summed E-state index contributed by atoms with van der Waals surface area (Å²) < 4.78 is 6.80. The van der Waals surface area contributed by atoms with Crippen molar-refractivity contribution in [3.63, 3.8) is 0 Å². The van der Waals surface area contributed by atoms with E-state index in [-0.39, 0.29) is 0 Å². The zero-order valence-corrected chi connectivity index (χ0v) is 13.1. The molecule has 0 radical (unpaired) electrons. The van der Waals surface area contributed by atoms with E-state index in [9.17, 15) is 0 Å². The first-order valence-corrected chi connectivity index (χ1v) is 7.13. The second kappa shape index (κ2) is 8.51. The molecule has 4 heteroatoms. The van der Waals surface area contributed by atoms with E-state index in [1.54, 1.807) is 0 Å². The van der Waals surface area contributed by atoms with Crippen LogP contribution in [0.4, 0.5) is 0 Å². The Morgan fingerprint density at radius 2 is 2.06 bits per heavy atom. The van der Waals surface area contributed by atoms with E-state index in [0.717, 1.165) is 29.9 Å². The van der Waals surface area contributed by atoms with Crippen molar-refractivity contribution in [3.8, 4) is 5.75 Å². The van der Waals surface area contributed by atoms with Gasteiger partial charge in [-0.1, -0.05) is 22.0 Å². The molecule has 0 spiro atoms. The summed E-state index contributed by atoms with van der Waals surface area (Å²) in [5.41, 5.74) is 1.17. The first-order chi connectivity index (χ1) is 8.59. The highest BCUT2D eigenvalue weighted by Crippen LogP contribution is 2.22. The Bertz CT molecular complexity index is 356. The number of nitrogens with zero attached hydrogens (tertiary/aromatic N) is 1. The summed E-state index contributed by atoms with van der Waals surface area (Å²) in [4.78, 5) is 2.20. The van der Waals surface area contributed by atoms with Gasteiger partial charge in [0, 0.05) is 11.0 Å². The minimum absolute atomic E-state index is 0.708. The first-order valence-electron chi connectivity index (χ1n) is 6.34. The predicted octanol–water partition coefficient (Wildman–Crippen LogP) is 2.68. The van der Waals surface area contributed by atoms with Gasteiger partial charge in [-0.05, 0) is 58.2 Å². The van der Waals surface area contributed by atoms with Gasteiger partial charge in [0.15, 0.2) is 0 Å². The number of benzene rings is 1. The summed E-state index contributed by atoms with van der Waals surface area (Å²) in [5.74, 6) is 0.958. The second-order valence-electron chi connectivity index (χ2n) is 4.67. The lowest BCUT2D eigenvalue weighted by atomic mass is 10.2. The fraction of sp³-hybridized carbons (Fsp3) is 0.571. The molecule has 0 saturated carbocycles. The van der Waals surface area contributed by atoms with Crippen molar-refractivity contribution in [1.82, 2.24) is 10.2 Å². The molecular formula is C14H23BrN2O. The van der Waals surface area contributed by atoms with Crippen LogP contribution in [0.5, 0.6) is 5.75 Å². The highest BCUT2D eigenvalue weighted by atomic mass is 79.9. The Kier molecular flexibility index (Phi) is 7.32. The van der Waals surface area contributed by atoms with E-state index in [2.05, 4.69) is 53.2 Å². The van der Waals surface area contributed by atoms with Gasteiger partial charge in [0.05, 0.1) is 0 Å². The van der Waals surface area contributed by atoms with Crippen LogP contribution in [0.25, 0.3) is 0 Å². The number of rotatable bonds is 8. The average molecular weight is 315 g/mol. The number of hydrogen-bond donors (Lipinski definition) is 1. The van der Waals surface area contributed by atoms with Gasteiger partial charge in [-0.15, -0.1) is 0 Å². The molecule has 0 unspecified atom stereocenters. The Labute approximate surface area is 119 Å². The SMILES string of the molecule is Cc1ccc(Br)cc1OCCNCCCN(C)C. The zero-order valence-electron chi connectivity index (χ0n) is 11.5. The van der Waals surface area contributed by atoms with E-state index >= 15 is 0 Å². The molecule has 102 valence electrons. The maximum Gasteiger partial charge on any atom is 0.123 e. The molecule has 0 aliphatic rings. The summed E-state index contributed by atoms with van der Waals surface area (Å²) in [5, 5.41) is 3.38. The predicted molar refractivity (Wildman–Crippen MR) is 80.4 cm³/mol. The van der Waals surface area contributed by atoms with Crippen LogP contribution in [0, 0.1) is 6.92 Å². The lowest BCUT2D eigenvalue weighted by molar-refractivity contribution is 0.309. The van der Waals surface area contributed by atoms with E-state index in [1.165, 1.54) is 12.0 Å². The molecule has 0 bridgehead atoms. The van der Waals surface area contributed by atoms with Crippen LogP contribution in [0.15, 0.2) is 22.7 Å². The van der Waals surface area contributed by atoms with E-state index < -0.39 is 0 Å². The number of halogens is 1. The molecule has 18 heavy (non-hydrogen) atoms. The lowest BCUT2D eigenvalue weighted by Gasteiger charge is -2.11. The standard InChI is InChI=1S/C14H23BrN2O/c1-12-5-6-13(15)11-14(12)18-10-8-16-7-4-9-17(2)3/h5-6,11,16H,4,7-10H2,1-3H3. The van der Waals surface area contributed by atoms with Crippen LogP contribution >= 0.6 is 15.9 Å². The van der Waals surface area contributed by atoms with Crippen molar-refractivity contribution >= 4 is 15.9 Å². The molecule has 0 heterocycles. The fourth-order valence-corrected chi connectivity index (χ4v) is 1.95. The van der Waals surface area contributed by atoms with Gasteiger partial charge in [0.1, 0.15) is 12.4 Å². The third-order valence-corrected chi connectivity index (χ3v) is 3.14. The van der Waals surface area contributed by atoms with Gasteiger partial charge >= 0.3 is 0 Å². The second-order valence-corrected chi connectivity index (χ2v) is 5.58. The summed E-state index contributed by atoms with van der Waals surface area (Å²) in [7, 11) is 4.19. The van der Waals surface area contributed by atoms with E-state index in [4.69, 9.17) is 4.74 Å². The number of nitrogens with one attached hydrogen (secondary N) is 1. The number of aryl methyl sites for hydroxylation is 1. The molecule has 0 saturated heterocycles. The third-order valence-electron chi connectivity index (χ3n) is 2.65. The third kappa shape index (κ3) is 6.38. The van der Waals surface area contributed by atoms with Crippen molar-refractivity contribution in [2.75, 3.05) is 40.3 Å². The minimum atomic E-state index is 0.708. The molecule has 3 nitrogen and oxygen atoms in total. The maximum atomic E-state index is 5.74. The van der Waals surface area contributed by atoms with Crippen molar-refractivity contribution in [1.29, 1.82) is 0 Å². The van der Waals surface area contributed by atoms with Gasteiger partial charge in [-0.25, -0.2) is 0 Å². The molecule has 1 N–H and O–H groups in total. The Hall–Kier alpha value is -0.580. The molecule has 0 aliphatic heterocycles. The minimum Gasteiger partial charge on any atom is -0.492 e. The Balaban J connectivity index is 2.12. The van der Waals surface area contributed by atoms with Gasteiger partial charge in [0.25, 0.3) is 0 Å². The molecular weight excluding hydrogens is 292 g/mol. The average Bonchev–Trinajstić information content (AvgIpc) is 2.32. The van der Waals surface area contributed by atoms with Crippen molar-refractivity contribution in [3.05, 3.63) is 28.2 Å². The molecule has 0 aromatic heterocycles. The Morgan fingerprint density at radius 3 is 2.78 bits per heavy atom. The van der Waals surface area contributed by atoms with Crippen LogP contribution < -0.4 is 10.1 Å². The van der Waals surface area contributed by atoms with E-state index in [0.29, 0.717) is 6.61 Å². The van der Waals surface area contributed by atoms with Crippen molar-refractivity contribution < 1.29 is 4.74 Å². The van der Waals surface area contributed by atoms with Crippen LogP contribution in [-0.4, -0.2) is 45.2 Å². The Morgan fingerprint density at radius 1 is 1.28 bits per heavy atom. The molecule has 0 fully saturated rings. The zero-order chi connectivity index (χ0) is 13.4. The number of hydrogen-bond acceptors (Lipinski definition) is 3. The number of ether oxygens (including phenoxy) is 1. The van der Waals surface area contributed by atoms with Gasteiger partial charge in [0.2, 0.25) is 0 Å². The fourth-order valence-electron chi connectivity index (χ4n) is 1.61. The van der Waals surface area contributed by atoms with Crippen LogP contribution in [0.3, 0.4) is 0 Å². The maximum absolute atomic E-state index is 5.74.